The lowest BCUT2D eigenvalue weighted by atomic mass is 10.4. The second-order valence-corrected chi connectivity index (χ2v) is 3.43. The summed E-state index contributed by atoms with van der Waals surface area (Å²) in [4.78, 5) is 0. The minimum Gasteiger partial charge on any atom is -0.739 e. The molecular weight excluding hydrogens is 182 g/mol. The standard InChI is InChI=1S/C5H7N3O3S/c6-4-2-1-3-8(7)5(4)12(9,10)11/h1-3H,6-7H2. The van der Waals surface area contributed by atoms with E-state index < -0.39 is 15.1 Å². The monoisotopic (exact) mass is 189 g/mol. The van der Waals surface area contributed by atoms with E-state index in [2.05, 4.69) is 0 Å². The third-order valence-electron chi connectivity index (χ3n) is 1.24. The molecule has 0 radical (unpaired) electrons. The number of hydrogen-bond acceptors (Lipinski definition) is 5. The van der Waals surface area contributed by atoms with Gasteiger partial charge in [0.05, 0.1) is 0 Å². The van der Waals surface area contributed by atoms with Crippen molar-refractivity contribution in [3.63, 3.8) is 0 Å². The highest BCUT2D eigenvalue weighted by atomic mass is 32.2. The SMILES string of the molecule is Nc1ccc[n+](N)c1S(=O)(=O)[O-]. The fourth-order valence-electron chi connectivity index (χ4n) is 0.801. The van der Waals surface area contributed by atoms with Crippen LogP contribution in [0.3, 0.4) is 0 Å². The van der Waals surface area contributed by atoms with Crippen molar-refractivity contribution in [1.29, 1.82) is 0 Å². The molecular formula is C5H7N3O3S. The number of rotatable bonds is 1. The zero-order valence-electron chi connectivity index (χ0n) is 5.97. The Balaban J connectivity index is 3.53. The molecule has 0 aliphatic carbocycles. The first-order valence-electron chi connectivity index (χ1n) is 2.94. The van der Waals surface area contributed by atoms with Crippen LogP contribution in [-0.2, 0) is 10.1 Å². The molecule has 12 heavy (non-hydrogen) atoms. The molecule has 7 heteroatoms. The van der Waals surface area contributed by atoms with Crippen molar-refractivity contribution in [3.05, 3.63) is 18.3 Å². The number of aromatic nitrogens is 1. The minimum atomic E-state index is -4.60. The molecule has 0 saturated carbocycles. The Bertz CT molecular complexity index is 380. The topological polar surface area (TPSA) is 113 Å². The fourth-order valence-corrected chi connectivity index (χ4v) is 1.48. The highest BCUT2D eigenvalue weighted by Gasteiger charge is 2.18. The molecule has 0 aliphatic heterocycles. The summed E-state index contributed by atoms with van der Waals surface area (Å²) in [5, 5.41) is -0.620. The van der Waals surface area contributed by atoms with E-state index in [1.807, 2.05) is 0 Å². The Hall–Kier alpha value is -1.34. The Kier molecular flexibility index (Phi) is 1.90. The number of nitrogens with two attached hydrogens (primary N) is 2. The van der Waals surface area contributed by atoms with Crippen molar-refractivity contribution in [3.8, 4) is 0 Å². The Morgan fingerprint density at radius 3 is 2.42 bits per heavy atom. The second-order valence-electron chi connectivity index (χ2n) is 2.13. The van der Waals surface area contributed by atoms with Gasteiger partial charge >= 0.3 is 5.03 Å². The van der Waals surface area contributed by atoms with Gasteiger partial charge in [0, 0.05) is 6.07 Å². The Morgan fingerprint density at radius 1 is 1.50 bits per heavy atom. The predicted octanol–water partition coefficient (Wildman–Crippen LogP) is -1.83. The third-order valence-corrected chi connectivity index (χ3v) is 2.16. The first-order valence-corrected chi connectivity index (χ1v) is 4.35. The highest BCUT2D eigenvalue weighted by molar-refractivity contribution is 7.85. The summed E-state index contributed by atoms with van der Waals surface area (Å²) in [6, 6.07) is 2.72. The minimum absolute atomic E-state index is 0.157. The van der Waals surface area contributed by atoms with Gasteiger partial charge in [-0.05, 0) is 6.07 Å². The zero-order valence-corrected chi connectivity index (χ0v) is 6.78. The van der Waals surface area contributed by atoms with Crippen LogP contribution in [0.1, 0.15) is 0 Å². The lowest BCUT2D eigenvalue weighted by molar-refractivity contribution is -0.678. The third kappa shape index (κ3) is 1.46. The molecule has 0 fully saturated rings. The molecule has 66 valence electrons. The first-order chi connectivity index (χ1) is 5.43. The molecule has 1 heterocycles. The summed E-state index contributed by atoms with van der Waals surface area (Å²) >= 11 is 0. The van der Waals surface area contributed by atoms with Gasteiger partial charge < -0.3 is 10.3 Å². The van der Waals surface area contributed by atoms with Crippen LogP contribution in [0.4, 0.5) is 5.69 Å². The Morgan fingerprint density at radius 2 is 2.08 bits per heavy atom. The predicted molar refractivity (Wildman–Crippen MR) is 39.2 cm³/mol. The van der Waals surface area contributed by atoms with Crippen molar-refractivity contribution in [2.45, 2.75) is 5.03 Å². The fraction of sp³-hybridized carbons (Fsp3) is 0. The normalized spacial score (nSPS) is 11.4. The summed E-state index contributed by atoms with van der Waals surface area (Å²) in [5.74, 6) is 5.17. The van der Waals surface area contributed by atoms with Gasteiger partial charge in [0.15, 0.2) is 10.1 Å². The van der Waals surface area contributed by atoms with E-state index in [1.54, 1.807) is 0 Å². The van der Waals surface area contributed by atoms with E-state index in [0.29, 0.717) is 4.68 Å². The van der Waals surface area contributed by atoms with Gasteiger partial charge in [-0.2, -0.15) is 0 Å². The summed E-state index contributed by atoms with van der Waals surface area (Å²) in [6.45, 7) is 0. The number of nitrogen functional groups attached to an aromatic ring is 2. The van der Waals surface area contributed by atoms with Gasteiger partial charge in [-0.25, -0.2) is 14.3 Å². The van der Waals surface area contributed by atoms with E-state index >= 15 is 0 Å². The second kappa shape index (κ2) is 2.61. The molecule has 1 aromatic heterocycles. The summed E-state index contributed by atoms with van der Waals surface area (Å²) in [7, 11) is -4.60. The first kappa shape index (κ1) is 8.75. The molecule has 0 saturated heterocycles. The van der Waals surface area contributed by atoms with Crippen LogP contribution < -0.4 is 16.3 Å². The zero-order chi connectivity index (χ0) is 9.35. The average molecular weight is 189 g/mol. The van der Waals surface area contributed by atoms with Gasteiger partial charge in [-0.3, -0.25) is 0 Å². The molecule has 0 unspecified atom stereocenters. The number of anilines is 1. The summed E-state index contributed by atoms with van der Waals surface area (Å²) < 4.78 is 32.3. The summed E-state index contributed by atoms with van der Waals surface area (Å²) in [6.07, 6.45) is 1.22. The molecule has 4 N–H and O–H groups in total. The Labute approximate surface area is 69.1 Å². The van der Waals surface area contributed by atoms with Gasteiger partial charge in [0.25, 0.3) is 0 Å². The molecule has 1 rings (SSSR count). The molecule has 1 aromatic rings. The highest BCUT2D eigenvalue weighted by Crippen LogP contribution is 2.09. The number of nitrogens with zero attached hydrogens (tertiary/aromatic N) is 1. The molecule has 0 aromatic carbocycles. The van der Waals surface area contributed by atoms with Crippen LogP contribution in [0.25, 0.3) is 0 Å². The van der Waals surface area contributed by atoms with Crippen LogP contribution in [0.15, 0.2) is 23.4 Å². The maximum Gasteiger partial charge on any atom is 0.336 e. The van der Waals surface area contributed by atoms with Crippen molar-refractivity contribution >= 4 is 15.8 Å². The molecule has 0 aliphatic rings. The van der Waals surface area contributed by atoms with Gasteiger partial charge in [0.1, 0.15) is 5.69 Å². The molecule has 6 nitrogen and oxygen atoms in total. The average Bonchev–Trinajstić information content (AvgIpc) is 1.82. The maximum atomic E-state index is 10.5. The van der Waals surface area contributed by atoms with Crippen molar-refractivity contribution in [1.82, 2.24) is 0 Å². The number of pyridine rings is 1. The van der Waals surface area contributed by atoms with E-state index in [4.69, 9.17) is 11.6 Å². The van der Waals surface area contributed by atoms with Crippen molar-refractivity contribution < 1.29 is 17.6 Å². The largest absolute Gasteiger partial charge is 0.739 e. The van der Waals surface area contributed by atoms with Crippen LogP contribution in [0.2, 0.25) is 0 Å². The molecule has 0 bridgehead atoms. The van der Waals surface area contributed by atoms with Gasteiger partial charge in [0.2, 0.25) is 6.20 Å². The van der Waals surface area contributed by atoms with E-state index in [0.717, 1.165) is 0 Å². The quantitative estimate of drug-likeness (QED) is 0.306. The molecule has 0 atom stereocenters. The number of hydrogen-bond donors (Lipinski definition) is 2. The van der Waals surface area contributed by atoms with Gasteiger partial charge in [-0.1, -0.05) is 4.68 Å². The van der Waals surface area contributed by atoms with E-state index in [1.165, 1.54) is 18.3 Å². The lowest BCUT2D eigenvalue weighted by Crippen LogP contribution is -2.49. The van der Waals surface area contributed by atoms with Crippen molar-refractivity contribution in [2.24, 2.45) is 0 Å². The molecule has 0 spiro atoms. The van der Waals surface area contributed by atoms with Crippen molar-refractivity contribution in [2.75, 3.05) is 11.6 Å². The van der Waals surface area contributed by atoms with Crippen LogP contribution in [0, 0.1) is 0 Å². The van der Waals surface area contributed by atoms with E-state index in [9.17, 15) is 13.0 Å². The van der Waals surface area contributed by atoms with Crippen LogP contribution in [-0.4, -0.2) is 13.0 Å². The smallest absolute Gasteiger partial charge is 0.336 e. The van der Waals surface area contributed by atoms with Crippen LogP contribution >= 0.6 is 0 Å². The van der Waals surface area contributed by atoms with Crippen LogP contribution in [0.5, 0.6) is 0 Å². The molecule has 0 amide bonds. The van der Waals surface area contributed by atoms with Gasteiger partial charge in [-0.15, -0.1) is 0 Å². The maximum absolute atomic E-state index is 10.5. The lowest BCUT2D eigenvalue weighted by Gasteiger charge is -2.04. The summed E-state index contributed by atoms with van der Waals surface area (Å²) in [5.41, 5.74) is 5.07. The van der Waals surface area contributed by atoms with E-state index in [-0.39, 0.29) is 5.69 Å².